The van der Waals surface area contributed by atoms with Crippen molar-refractivity contribution in [3.63, 3.8) is 0 Å². The minimum Gasteiger partial charge on any atom is -0.508 e. The number of hydrogen-bond acceptors (Lipinski definition) is 3. The van der Waals surface area contributed by atoms with E-state index < -0.39 is 0 Å². The number of nitrogens with zero attached hydrogens (tertiary/aromatic N) is 2. The average Bonchev–Trinajstić information content (AvgIpc) is 2.87. The van der Waals surface area contributed by atoms with E-state index in [0.717, 1.165) is 39.1 Å². The van der Waals surface area contributed by atoms with Gasteiger partial charge in [-0.2, -0.15) is 0 Å². The van der Waals surface area contributed by atoms with Gasteiger partial charge in [0.1, 0.15) is 5.75 Å². The van der Waals surface area contributed by atoms with Gasteiger partial charge >= 0.3 is 0 Å². The maximum atomic E-state index is 10.3. The van der Waals surface area contributed by atoms with Crippen LogP contribution >= 0.6 is 0 Å². The molecule has 2 aromatic carbocycles. The highest BCUT2D eigenvalue weighted by molar-refractivity contribution is 5.41. The molecule has 1 saturated heterocycles. The minimum atomic E-state index is 0.475. The van der Waals surface area contributed by atoms with Crippen LogP contribution in [0.3, 0.4) is 0 Å². The summed E-state index contributed by atoms with van der Waals surface area (Å²) in [4.78, 5) is 5.21. The maximum absolute atomic E-state index is 10.3. The molecule has 1 fully saturated rings. The average molecular weight is 336 g/mol. The first-order valence-electron chi connectivity index (χ1n) is 9.62. The highest BCUT2D eigenvalue weighted by Gasteiger charge is 2.28. The number of phenols is 1. The van der Waals surface area contributed by atoms with Gasteiger partial charge in [0.05, 0.1) is 0 Å². The summed E-state index contributed by atoms with van der Waals surface area (Å²) in [6, 6.07) is 17.3. The number of rotatable bonds is 3. The van der Waals surface area contributed by atoms with E-state index in [9.17, 15) is 5.11 Å². The van der Waals surface area contributed by atoms with Crippen molar-refractivity contribution in [3.05, 3.63) is 65.2 Å². The van der Waals surface area contributed by atoms with Crippen LogP contribution in [0.15, 0.2) is 48.5 Å². The molecule has 1 aliphatic heterocycles. The lowest BCUT2D eigenvalue weighted by Crippen LogP contribution is -2.47. The van der Waals surface area contributed by atoms with Crippen LogP contribution in [-0.4, -0.2) is 41.1 Å². The fourth-order valence-corrected chi connectivity index (χ4v) is 4.43. The quantitative estimate of drug-likeness (QED) is 0.859. The summed E-state index contributed by atoms with van der Waals surface area (Å²) in [5.74, 6) is 0.493. The molecule has 0 radical (unpaired) electrons. The van der Waals surface area contributed by atoms with E-state index in [0.29, 0.717) is 11.8 Å². The molecule has 4 rings (SSSR count). The van der Waals surface area contributed by atoms with Gasteiger partial charge < -0.3 is 5.11 Å². The Labute approximate surface area is 150 Å². The first-order chi connectivity index (χ1) is 12.3. The predicted molar refractivity (Wildman–Crippen MR) is 102 cm³/mol. The SMILES string of the molecule is Oc1cccc2c1CCCC[C@H]2N1CCN(Cc2ccccc2)CC1. The van der Waals surface area contributed by atoms with E-state index in [1.54, 1.807) is 0 Å². The van der Waals surface area contributed by atoms with Crippen molar-refractivity contribution in [1.82, 2.24) is 9.80 Å². The number of fused-ring (bicyclic) bond motifs is 1. The van der Waals surface area contributed by atoms with E-state index in [1.807, 2.05) is 12.1 Å². The fraction of sp³-hybridized carbons (Fsp3) is 0.455. The standard InChI is InChI=1S/C22H28N2O/c25-22-12-6-10-19-20(22)9-4-5-11-21(19)24-15-13-23(14-16-24)17-18-7-2-1-3-8-18/h1-3,6-8,10,12,21,25H,4-5,9,11,13-17H2/t21-/m1/s1. The van der Waals surface area contributed by atoms with Crippen molar-refractivity contribution in [3.8, 4) is 5.75 Å². The lowest BCUT2D eigenvalue weighted by Gasteiger charge is -2.39. The van der Waals surface area contributed by atoms with Crippen molar-refractivity contribution in [2.24, 2.45) is 0 Å². The lowest BCUT2D eigenvalue weighted by molar-refractivity contribution is 0.0874. The molecule has 0 bridgehead atoms. The maximum Gasteiger partial charge on any atom is 0.119 e. The summed E-state index contributed by atoms with van der Waals surface area (Å²) in [6.07, 6.45) is 4.68. The molecule has 0 aromatic heterocycles. The van der Waals surface area contributed by atoms with Gasteiger partial charge in [0.25, 0.3) is 0 Å². The van der Waals surface area contributed by atoms with Crippen LogP contribution in [0, 0.1) is 0 Å². The monoisotopic (exact) mass is 336 g/mol. The zero-order chi connectivity index (χ0) is 17.1. The Morgan fingerprint density at radius 1 is 0.880 bits per heavy atom. The van der Waals surface area contributed by atoms with Gasteiger partial charge in [0.2, 0.25) is 0 Å². The van der Waals surface area contributed by atoms with E-state index in [4.69, 9.17) is 0 Å². The van der Waals surface area contributed by atoms with Crippen LogP contribution < -0.4 is 0 Å². The summed E-state index contributed by atoms with van der Waals surface area (Å²) in [7, 11) is 0. The number of phenolic OH excluding ortho intramolecular Hbond substituents is 1. The summed E-state index contributed by atoms with van der Waals surface area (Å²) >= 11 is 0. The molecule has 25 heavy (non-hydrogen) atoms. The van der Waals surface area contributed by atoms with Gasteiger partial charge in [0, 0.05) is 38.8 Å². The summed E-state index contributed by atoms with van der Waals surface area (Å²) in [5, 5.41) is 10.3. The largest absolute Gasteiger partial charge is 0.508 e. The van der Waals surface area contributed by atoms with Crippen LogP contribution in [0.2, 0.25) is 0 Å². The molecule has 1 atom stereocenters. The highest BCUT2D eigenvalue weighted by Crippen LogP contribution is 2.37. The predicted octanol–water partition coefficient (Wildman–Crippen LogP) is 3.98. The molecule has 1 aliphatic carbocycles. The molecule has 2 aliphatic rings. The fourth-order valence-electron chi connectivity index (χ4n) is 4.43. The number of benzene rings is 2. The third-order valence-corrected chi connectivity index (χ3v) is 5.80. The molecular weight excluding hydrogens is 308 g/mol. The molecule has 1 N–H and O–H groups in total. The van der Waals surface area contributed by atoms with E-state index in [-0.39, 0.29) is 0 Å². The molecule has 2 aromatic rings. The van der Waals surface area contributed by atoms with Crippen LogP contribution in [0.25, 0.3) is 0 Å². The van der Waals surface area contributed by atoms with E-state index in [2.05, 4.69) is 46.2 Å². The third-order valence-electron chi connectivity index (χ3n) is 5.80. The smallest absolute Gasteiger partial charge is 0.119 e. The summed E-state index contributed by atoms with van der Waals surface area (Å²) in [6.45, 7) is 5.54. The highest BCUT2D eigenvalue weighted by atomic mass is 16.3. The van der Waals surface area contributed by atoms with Crippen molar-refractivity contribution in [2.45, 2.75) is 38.3 Å². The van der Waals surface area contributed by atoms with Crippen molar-refractivity contribution in [2.75, 3.05) is 26.2 Å². The van der Waals surface area contributed by atoms with Crippen LogP contribution in [0.5, 0.6) is 5.75 Å². The third kappa shape index (κ3) is 3.73. The Hall–Kier alpha value is -1.84. The molecule has 1 heterocycles. The van der Waals surface area contributed by atoms with Crippen molar-refractivity contribution < 1.29 is 5.11 Å². The zero-order valence-electron chi connectivity index (χ0n) is 14.9. The second kappa shape index (κ2) is 7.59. The Kier molecular flexibility index (Phi) is 5.04. The van der Waals surface area contributed by atoms with Gasteiger partial charge in [-0.05, 0) is 42.0 Å². The second-order valence-electron chi connectivity index (χ2n) is 7.40. The Balaban J connectivity index is 1.43. The Morgan fingerprint density at radius 2 is 1.68 bits per heavy atom. The van der Waals surface area contributed by atoms with Gasteiger partial charge in [-0.3, -0.25) is 9.80 Å². The topological polar surface area (TPSA) is 26.7 Å². The molecule has 0 unspecified atom stereocenters. The lowest BCUT2D eigenvalue weighted by atomic mass is 9.96. The van der Waals surface area contributed by atoms with Crippen LogP contribution in [0.4, 0.5) is 0 Å². The van der Waals surface area contributed by atoms with E-state index >= 15 is 0 Å². The number of aromatic hydroxyl groups is 1. The molecule has 3 nitrogen and oxygen atoms in total. The first-order valence-corrected chi connectivity index (χ1v) is 9.62. The van der Waals surface area contributed by atoms with Gasteiger partial charge in [0.15, 0.2) is 0 Å². The van der Waals surface area contributed by atoms with Gasteiger partial charge in [-0.1, -0.05) is 48.9 Å². The van der Waals surface area contributed by atoms with E-state index in [1.165, 1.54) is 36.0 Å². The normalized spacial score (nSPS) is 22.3. The molecule has 0 saturated carbocycles. The van der Waals surface area contributed by atoms with Crippen molar-refractivity contribution in [1.29, 1.82) is 0 Å². The minimum absolute atomic E-state index is 0.475. The second-order valence-corrected chi connectivity index (χ2v) is 7.40. The van der Waals surface area contributed by atoms with Crippen LogP contribution in [-0.2, 0) is 13.0 Å². The van der Waals surface area contributed by atoms with Crippen LogP contribution in [0.1, 0.15) is 42.0 Å². The molecule has 0 amide bonds. The van der Waals surface area contributed by atoms with Gasteiger partial charge in [-0.15, -0.1) is 0 Å². The van der Waals surface area contributed by atoms with Gasteiger partial charge in [-0.25, -0.2) is 0 Å². The summed E-state index contributed by atoms with van der Waals surface area (Å²) in [5.41, 5.74) is 3.96. The summed E-state index contributed by atoms with van der Waals surface area (Å²) < 4.78 is 0. The molecule has 0 spiro atoms. The number of hydrogen-bond donors (Lipinski definition) is 1. The molecule has 132 valence electrons. The molecular formula is C22H28N2O. The number of piperazine rings is 1. The first kappa shape index (κ1) is 16.6. The van der Waals surface area contributed by atoms with Crippen molar-refractivity contribution >= 4 is 0 Å². The Bertz CT molecular complexity index is 692. The zero-order valence-corrected chi connectivity index (χ0v) is 14.9. The molecule has 3 heteroatoms. The Morgan fingerprint density at radius 3 is 2.48 bits per heavy atom.